The third-order valence-electron chi connectivity index (χ3n) is 2.80. The van der Waals surface area contributed by atoms with Gasteiger partial charge in [-0.2, -0.15) is 0 Å². The standard InChI is InChI=1S/C14H22O8/c1-3-21-11(18)6-4-5-7-12(19)22-14(9(2)16)13(20)10(17)8-15/h3,8-10,13-14,16-17,20H,1,4-7H2,2H3/t9-,10-,13-,14-/m1/s1. The van der Waals surface area contributed by atoms with Gasteiger partial charge in [0.2, 0.25) is 0 Å². The lowest BCUT2D eigenvalue weighted by atomic mass is 10.0. The number of ether oxygens (including phenoxy) is 2. The molecule has 0 aromatic heterocycles. The molecule has 0 rings (SSSR count). The van der Waals surface area contributed by atoms with Gasteiger partial charge in [-0.05, 0) is 19.8 Å². The number of unbranched alkanes of at least 4 members (excludes halogenated alkanes) is 1. The van der Waals surface area contributed by atoms with E-state index in [0.29, 0.717) is 12.8 Å². The van der Waals surface area contributed by atoms with Crippen LogP contribution in [-0.2, 0) is 23.9 Å². The number of carbonyl (C=O) groups is 3. The van der Waals surface area contributed by atoms with Crippen molar-refractivity contribution in [2.24, 2.45) is 0 Å². The maximum atomic E-state index is 11.6. The average Bonchev–Trinajstić information content (AvgIpc) is 2.47. The zero-order valence-corrected chi connectivity index (χ0v) is 12.4. The summed E-state index contributed by atoms with van der Waals surface area (Å²) in [6.45, 7) is 4.49. The molecule has 8 heteroatoms. The second kappa shape index (κ2) is 10.9. The van der Waals surface area contributed by atoms with E-state index < -0.39 is 36.4 Å². The highest BCUT2D eigenvalue weighted by Crippen LogP contribution is 2.11. The van der Waals surface area contributed by atoms with Gasteiger partial charge in [-0.1, -0.05) is 6.58 Å². The average molecular weight is 318 g/mol. The van der Waals surface area contributed by atoms with E-state index in [1.165, 1.54) is 6.92 Å². The Bertz CT molecular complexity index is 379. The molecule has 22 heavy (non-hydrogen) atoms. The molecule has 0 saturated heterocycles. The summed E-state index contributed by atoms with van der Waals surface area (Å²) in [5.41, 5.74) is 0. The van der Waals surface area contributed by atoms with Gasteiger partial charge >= 0.3 is 11.9 Å². The summed E-state index contributed by atoms with van der Waals surface area (Å²) in [7, 11) is 0. The van der Waals surface area contributed by atoms with Crippen LogP contribution in [0.1, 0.15) is 32.6 Å². The Labute approximate surface area is 128 Å². The molecule has 0 aromatic rings. The lowest BCUT2D eigenvalue weighted by Gasteiger charge is -2.26. The summed E-state index contributed by atoms with van der Waals surface area (Å²) >= 11 is 0. The van der Waals surface area contributed by atoms with Crippen LogP contribution in [0, 0.1) is 0 Å². The highest BCUT2D eigenvalue weighted by atomic mass is 16.6. The van der Waals surface area contributed by atoms with Gasteiger partial charge in [0.1, 0.15) is 12.2 Å². The maximum Gasteiger partial charge on any atom is 0.310 e. The van der Waals surface area contributed by atoms with E-state index in [0.717, 1.165) is 6.26 Å². The molecule has 0 heterocycles. The molecule has 0 bridgehead atoms. The van der Waals surface area contributed by atoms with Crippen LogP contribution in [0.4, 0.5) is 0 Å². The van der Waals surface area contributed by atoms with Gasteiger partial charge in [0.05, 0.1) is 12.4 Å². The van der Waals surface area contributed by atoms with Crippen LogP contribution in [0.5, 0.6) is 0 Å². The normalized spacial score (nSPS) is 16.0. The van der Waals surface area contributed by atoms with Crippen LogP contribution >= 0.6 is 0 Å². The molecule has 4 atom stereocenters. The van der Waals surface area contributed by atoms with Crippen molar-refractivity contribution in [3.63, 3.8) is 0 Å². The first-order valence-corrected chi connectivity index (χ1v) is 6.82. The largest absolute Gasteiger partial charge is 0.457 e. The zero-order chi connectivity index (χ0) is 17.1. The fraction of sp³-hybridized carbons (Fsp3) is 0.643. The Morgan fingerprint density at radius 1 is 1.14 bits per heavy atom. The molecule has 0 radical (unpaired) electrons. The van der Waals surface area contributed by atoms with Gasteiger partial charge in [0.15, 0.2) is 12.4 Å². The van der Waals surface area contributed by atoms with Crippen LogP contribution in [-0.4, -0.2) is 58.0 Å². The predicted molar refractivity (Wildman–Crippen MR) is 74.4 cm³/mol. The number of esters is 2. The van der Waals surface area contributed by atoms with Gasteiger partial charge in [0.25, 0.3) is 0 Å². The summed E-state index contributed by atoms with van der Waals surface area (Å²) < 4.78 is 9.36. The Balaban J connectivity index is 4.22. The van der Waals surface area contributed by atoms with Crippen LogP contribution in [0.25, 0.3) is 0 Å². The fourth-order valence-electron chi connectivity index (χ4n) is 1.63. The van der Waals surface area contributed by atoms with E-state index in [4.69, 9.17) is 4.74 Å². The van der Waals surface area contributed by atoms with E-state index >= 15 is 0 Å². The topological polar surface area (TPSA) is 130 Å². The molecular weight excluding hydrogens is 296 g/mol. The molecule has 0 spiro atoms. The van der Waals surface area contributed by atoms with Crippen LogP contribution in [0.2, 0.25) is 0 Å². The number of aliphatic hydroxyl groups is 3. The van der Waals surface area contributed by atoms with Gasteiger partial charge < -0.3 is 29.6 Å². The maximum absolute atomic E-state index is 11.6. The molecule has 0 unspecified atom stereocenters. The van der Waals surface area contributed by atoms with Crippen molar-refractivity contribution in [3.8, 4) is 0 Å². The minimum atomic E-state index is -1.76. The van der Waals surface area contributed by atoms with Crippen molar-refractivity contribution >= 4 is 18.2 Å². The fourth-order valence-corrected chi connectivity index (χ4v) is 1.63. The number of aldehydes is 1. The third-order valence-corrected chi connectivity index (χ3v) is 2.80. The van der Waals surface area contributed by atoms with Crippen molar-refractivity contribution < 1.29 is 39.2 Å². The smallest absolute Gasteiger partial charge is 0.310 e. The monoisotopic (exact) mass is 318 g/mol. The molecule has 3 N–H and O–H groups in total. The molecule has 8 nitrogen and oxygen atoms in total. The quantitative estimate of drug-likeness (QED) is 0.200. The van der Waals surface area contributed by atoms with Crippen molar-refractivity contribution in [1.82, 2.24) is 0 Å². The summed E-state index contributed by atoms with van der Waals surface area (Å²) in [4.78, 5) is 33.0. The lowest BCUT2D eigenvalue weighted by Crippen LogP contribution is -2.46. The highest BCUT2D eigenvalue weighted by Gasteiger charge is 2.32. The van der Waals surface area contributed by atoms with E-state index in [1.807, 2.05) is 0 Å². The van der Waals surface area contributed by atoms with Gasteiger partial charge in [-0.25, -0.2) is 0 Å². The van der Waals surface area contributed by atoms with Gasteiger partial charge in [-0.15, -0.1) is 0 Å². The first kappa shape index (κ1) is 20.2. The van der Waals surface area contributed by atoms with Gasteiger partial charge in [0, 0.05) is 12.8 Å². The molecular formula is C14H22O8. The second-order valence-corrected chi connectivity index (χ2v) is 4.68. The van der Waals surface area contributed by atoms with Gasteiger partial charge in [-0.3, -0.25) is 9.59 Å². The van der Waals surface area contributed by atoms with E-state index in [2.05, 4.69) is 11.3 Å². The van der Waals surface area contributed by atoms with Crippen LogP contribution in [0.15, 0.2) is 12.8 Å². The molecule has 0 saturated carbocycles. The number of carbonyl (C=O) groups excluding carboxylic acids is 3. The second-order valence-electron chi connectivity index (χ2n) is 4.68. The third kappa shape index (κ3) is 7.87. The van der Waals surface area contributed by atoms with Crippen molar-refractivity contribution in [2.75, 3.05) is 0 Å². The first-order chi connectivity index (χ1) is 10.3. The van der Waals surface area contributed by atoms with Crippen molar-refractivity contribution in [2.45, 2.75) is 57.0 Å². The minimum Gasteiger partial charge on any atom is -0.457 e. The SMILES string of the molecule is C=COC(=O)CCCCC(=O)O[C@@H]([C@H](O)[C@H](O)C=O)[C@@H](C)O. The minimum absolute atomic E-state index is 0.0471. The Morgan fingerprint density at radius 2 is 1.68 bits per heavy atom. The molecule has 0 aromatic carbocycles. The lowest BCUT2D eigenvalue weighted by molar-refractivity contribution is -0.171. The number of hydrogen-bond acceptors (Lipinski definition) is 8. The molecule has 126 valence electrons. The Kier molecular flexibility index (Phi) is 10.0. The van der Waals surface area contributed by atoms with Crippen molar-refractivity contribution in [3.05, 3.63) is 12.8 Å². The summed E-state index contributed by atoms with van der Waals surface area (Å²) in [6, 6.07) is 0. The molecule has 0 amide bonds. The van der Waals surface area contributed by atoms with E-state index in [-0.39, 0.29) is 19.1 Å². The number of hydrogen-bond donors (Lipinski definition) is 3. The van der Waals surface area contributed by atoms with Crippen LogP contribution < -0.4 is 0 Å². The summed E-state index contributed by atoms with van der Waals surface area (Å²) in [6.07, 6.45) is -4.27. The zero-order valence-electron chi connectivity index (χ0n) is 12.4. The van der Waals surface area contributed by atoms with Crippen molar-refractivity contribution in [1.29, 1.82) is 0 Å². The number of rotatable bonds is 11. The van der Waals surface area contributed by atoms with Crippen LogP contribution in [0.3, 0.4) is 0 Å². The molecule has 0 aliphatic heterocycles. The Morgan fingerprint density at radius 3 is 2.14 bits per heavy atom. The summed E-state index contributed by atoms with van der Waals surface area (Å²) in [5, 5.41) is 28.3. The first-order valence-electron chi connectivity index (χ1n) is 6.82. The van der Waals surface area contributed by atoms with E-state index in [1.54, 1.807) is 0 Å². The molecule has 0 aliphatic rings. The highest BCUT2D eigenvalue weighted by molar-refractivity contribution is 5.71. The Hall–Kier alpha value is -1.77. The molecule has 0 fully saturated rings. The summed E-state index contributed by atoms with van der Waals surface area (Å²) in [5.74, 6) is -1.19. The predicted octanol–water partition coefficient (Wildman–Crippen LogP) is -0.553. The van der Waals surface area contributed by atoms with E-state index in [9.17, 15) is 29.7 Å². The number of aliphatic hydroxyl groups excluding tert-OH is 3. The molecule has 0 aliphatic carbocycles.